The molecule has 0 aliphatic heterocycles. The number of ether oxygens (including phenoxy) is 1. The highest BCUT2D eigenvalue weighted by atomic mass is 32.2. The summed E-state index contributed by atoms with van der Waals surface area (Å²) in [6.07, 6.45) is 5.86. The lowest BCUT2D eigenvalue weighted by atomic mass is 10.2. The summed E-state index contributed by atoms with van der Waals surface area (Å²) in [5.41, 5.74) is 1.28. The zero-order chi connectivity index (χ0) is 12.1. The minimum absolute atomic E-state index is 0.0950. The Hall–Kier alpha value is -1.43. The van der Waals surface area contributed by atoms with Crippen molar-refractivity contribution >= 4 is 11.8 Å². The first-order chi connectivity index (χ1) is 8.28. The van der Waals surface area contributed by atoms with E-state index in [1.807, 2.05) is 18.2 Å². The van der Waals surface area contributed by atoms with Crippen LogP contribution in [0.4, 0.5) is 0 Å². The first kappa shape index (κ1) is 12.0. The van der Waals surface area contributed by atoms with Gasteiger partial charge in [0.2, 0.25) is 0 Å². The fourth-order valence-corrected chi connectivity index (χ4v) is 2.23. The van der Waals surface area contributed by atoms with Crippen molar-refractivity contribution in [2.24, 2.45) is 0 Å². The molecule has 17 heavy (non-hydrogen) atoms. The van der Waals surface area contributed by atoms with Gasteiger partial charge in [-0.3, -0.25) is 0 Å². The molecule has 2 rings (SSSR count). The fraction of sp³-hybridized carbons (Fsp3) is 0.200. The van der Waals surface area contributed by atoms with E-state index in [1.54, 1.807) is 18.9 Å². The van der Waals surface area contributed by atoms with Crippen molar-refractivity contribution in [1.29, 1.82) is 0 Å². The Kier molecular flexibility index (Phi) is 4.08. The summed E-state index contributed by atoms with van der Waals surface area (Å²) < 4.78 is 5.18. The van der Waals surface area contributed by atoms with Gasteiger partial charge >= 0.3 is 0 Å². The third-order valence-corrected chi connectivity index (χ3v) is 3.38. The summed E-state index contributed by atoms with van der Waals surface area (Å²) in [4.78, 5) is 2.37. The van der Waals surface area contributed by atoms with E-state index < -0.39 is 0 Å². The van der Waals surface area contributed by atoms with Gasteiger partial charge in [0.05, 0.1) is 0 Å². The number of allylic oxidation sites excluding steroid dienone is 2. The molecular weight excluding hydrogens is 228 g/mol. The van der Waals surface area contributed by atoms with Crippen LogP contribution in [0.3, 0.4) is 0 Å². The van der Waals surface area contributed by atoms with E-state index in [4.69, 9.17) is 4.74 Å². The first-order valence-electron chi connectivity index (χ1n) is 5.44. The molecule has 1 aromatic carbocycles. The van der Waals surface area contributed by atoms with E-state index in [0.29, 0.717) is 0 Å². The quantitative estimate of drug-likeness (QED) is 0.749. The van der Waals surface area contributed by atoms with E-state index in [9.17, 15) is 0 Å². The molecule has 0 fully saturated rings. The van der Waals surface area contributed by atoms with Gasteiger partial charge in [-0.1, -0.05) is 41.3 Å². The highest BCUT2D eigenvalue weighted by molar-refractivity contribution is 8.03. The van der Waals surface area contributed by atoms with E-state index >= 15 is 0 Å². The summed E-state index contributed by atoms with van der Waals surface area (Å²) >= 11 is 1.72. The maximum atomic E-state index is 5.18. The summed E-state index contributed by atoms with van der Waals surface area (Å²) in [5, 5.41) is 0. The molecule has 0 radical (unpaired) electrons. The van der Waals surface area contributed by atoms with Crippen molar-refractivity contribution in [2.45, 2.75) is 17.9 Å². The van der Waals surface area contributed by atoms with E-state index in [2.05, 4.69) is 43.0 Å². The maximum Gasteiger partial charge on any atom is 0.136 e. The standard InChI is InChI=1S/C15H14OS/c1-12-6-9-15(10-7-12)17-14-5-3-4-13(16-2)8-11-14/h5-11,13H,1-2H3. The van der Waals surface area contributed by atoms with Crippen LogP contribution in [0.5, 0.6) is 0 Å². The lowest BCUT2D eigenvalue weighted by Crippen LogP contribution is -2.01. The van der Waals surface area contributed by atoms with E-state index in [1.165, 1.54) is 10.5 Å². The lowest BCUT2D eigenvalue weighted by Gasteiger charge is -2.02. The molecule has 0 aromatic heterocycles. The lowest BCUT2D eigenvalue weighted by molar-refractivity contribution is 0.185. The van der Waals surface area contributed by atoms with Gasteiger partial charge in [0.1, 0.15) is 6.10 Å². The first-order valence-corrected chi connectivity index (χ1v) is 6.26. The predicted octanol–water partition coefficient (Wildman–Crippen LogP) is 3.56. The van der Waals surface area contributed by atoms with Gasteiger partial charge in [-0.25, -0.2) is 0 Å². The predicted molar refractivity (Wildman–Crippen MR) is 72.8 cm³/mol. The van der Waals surface area contributed by atoms with Gasteiger partial charge in [-0.05, 0) is 31.2 Å². The van der Waals surface area contributed by atoms with Crippen LogP contribution in [0.25, 0.3) is 0 Å². The van der Waals surface area contributed by atoms with Crippen molar-refractivity contribution in [3.05, 3.63) is 53.0 Å². The molecule has 0 N–H and O–H groups in total. The third-order valence-electron chi connectivity index (χ3n) is 2.39. The van der Waals surface area contributed by atoms with Crippen LogP contribution < -0.4 is 0 Å². The van der Waals surface area contributed by atoms with Crippen LogP contribution in [0, 0.1) is 18.8 Å². The van der Waals surface area contributed by atoms with Crippen LogP contribution in [-0.4, -0.2) is 13.2 Å². The smallest absolute Gasteiger partial charge is 0.136 e. The Bertz CT molecular complexity index is 500. The van der Waals surface area contributed by atoms with Gasteiger partial charge in [0, 0.05) is 23.0 Å². The molecule has 1 nitrogen and oxygen atoms in total. The molecule has 1 aliphatic rings. The maximum absolute atomic E-state index is 5.18. The summed E-state index contributed by atoms with van der Waals surface area (Å²) in [6.45, 7) is 2.09. The van der Waals surface area contributed by atoms with Crippen molar-refractivity contribution in [3.8, 4) is 11.8 Å². The molecule has 0 amide bonds. The molecule has 0 saturated heterocycles. The molecule has 0 spiro atoms. The number of aryl methyl sites for hydroxylation is 1. The number of rotatable bonds is 3. The van der Waals surface area contributed by atoms with Gasteiger partial charge in [-0.15, -0.1) is 0 Å². The minimum Gasteiger partial charge on any atom is -0.365 e. The Morgan fingerprint density at radius 1 is 1.24 bits per heavy atom. The Morgan fingerprint density at radius 2 is 2.00 bits per heavy atom. The second-order valence-corrected chi connectivity index (χ2v) is 4.91. The van der Waals surface area contributed by atoms with E-state index in [0.717, 1.165) is 4.91 Å². The molecule has 1 unspecified atom stereocenters. The van der Waals surface area contributed by atoms with Crippen molar-refractivity contribution in [2.75, 3.05) is 7.11 Å². The third kappa shape index (κ3) is 3.52. The van der Waals surface area contributed by atoms with Gasteiger partial charge in [0.15, 0.2) is 0 Å². The molecule has 0 bridgehead atoms. The van der Waals surface area contributed by atoms with Gasteiger partial charge < -0.3 is 4.74 Å². The summed E-state index contributed by atoms with van der Waals surface area (Å²) in [6, 6.07) is 8.49. The average molecular weight is 242 g/mol. The number of benzene rings is 1. The van der Waals surface area contributed by atoms with Crippen molar-refractivity contribution in [3.63, 3.8) is 0 Å². The molecule has 0 saturated carbocycles. The molecule has 86 valence electrons. The monoisotopic (exact) mass is 242 g/mol. The van der Waals surface area contributed by atoms with Crippen molar-refractivity contribution in [1.82, 2.24) is 0 Å². The Labute approximate surface area is 107 Å². The zero-order valence-corrected chi connectivity index (χ0v) is 10.8. The number of hydrogen-bond donors (Lipinski definition) is 0. The largest absolute Gasteiger partial charge is 0.365 e. The molecular formula is C15H14OS. The topological polar surface area (TPSA) is 9.23 Å². The molecule has 1 aromatic rings. The number of hydrogen-bond acceptors (Lipinski definition) is 2. The average Bonchev–Trinajstić information content (AvgIpc) is 2.57. The highest BCUT2D eigenvalue weighted by Crippen LogP contribution is 2.28. The molecule has 0 heterocycles. The summed E-state index contributed by atoms with van der Waals surface area (Å²) in [7, 11) is 1.67. The normalized spacial score (nSPS) is 18.0. The SMILES string of the molecule is COC1C#CC=C(Sc2ccc(C)cc2)C=C1. The molecule has 1 atom stereocenters. The number of methoxy groups -OCH3 is 1. The number of thioether (sulfide) groups is 1. The molecule has 2 heteroatoms. The van der Waals surface area contributed by atoms with E-state index in [-0.39, 0.29) is 6.10 Å². The van der Waals surface area contributed by atoms with Gasteiger partial charge in [-0.2, -0.15) is 0 Å². The highest BCUT2D eigenvalue weighted by Gasteiger charge is 2.02. The van der Waals surface area contributed by atoms with Crippen LogP contribution in [0.2, 0.25) is 0 Å². The van der Waals surface area contributed by atoms with Crippen LogP contribution >= 0.6 is 11.8 Å². The second-order valence-electron chi connectivity index (χ2n) is 3.77. The fourth-order valence-electron chi connectivity index (χ4n) is 1.42. The minimum atomic E-state index is -0.0950. The molecule has 1 aliphatic carbocycles. The zero-order valence-electron chi connectivity index (χ0n) is 9.94. The summed E-state index contributed by atoms with van der Waals surface area (Å²) in [5.74, 6) is 6.02. The second kappa shape index (κ2) is 5.77. The van der Waals surface area contributed by atoms with Gasteiger partial charge in [0.25, 0.3) is 0 Å². The van der Waals surface area contributed by atoms with Crippen LogP contribution in [0.1, 0.15) is 5.56 Å². The van der Waals surface area contributed by atoms with Crippen molar-refractivity contribution < 1.29 is 4.74 Å². The van der Waals surface area contributed by atoms with Crippen LogP contribution in [-0.2, 0) is 4.74 Å². The Morgan fingerprint density at radius 3 is 2.71 bits per heavy atom. The Balaban J connectivity index is 2.08. The van der Waals surface area contributed by atoms with Crippen LogP contribution in [0.15, 0.2) is 52.3 Å².